The van der Waals surface area contributed by atoms with Crippen molar-refractivity contribution in [3.05, 3.63) is 42.7 Å². The zero-order valence-electron chi connectivity index (χ0n) is 14.0. The minimum Gasteiger partial charge on any atom is -0.495 e. The Bertz CT molecular complexity index is 764. The predicted molar refractivity (Wildman–Crippen MR) is 96.1 cm³/mol. The first-order valence-corrected chi connectivity index (χ1v) is 8.14. The van der Waals surface area contributed by atoms with Crippen molar-refractivity contribution >= 4 is 29.0 Å². The number of hydrogen-bond acceptors (Lipinski definition) is 4. The van der Waals surface area contributed by atoms with Gasteiger partial charge in [-0.25, -0.2) is 4.79 Å². The van der Waals surface area contributed by atoms with Crippen molar-refractivity contribution in [1.82, 2.24) is 4.98 Å². The third-order valence-corrected chi connectivity index (χ3v) is 3.99. The molecule has 1 aliphatic rings. The summed E-state index contributed by atoms with van der Waals surface area (Å²) in [6, 6.07) is 8.28. The molecule has 1 fully saturated rings. The number of rotatable bonds is 4. The normalized spacial score (nSPS) is 14.1. The highest BCUT2D eigenvalue weighted by Gasteiger charge is 2.23. The van der Waals surface area contributed by atoms with Crippen LogP contribution in [-0.2, 0) is 4.79 Å². The molecule has 1 aromatic heterocycles. The molecule has 2 N–H and O–H groups in total. The molecule has 0 atom stereocenters. The van der Waals surface area contributed by atoms with E-state index in [-0.39, 0.29) is 11.9 Å². The summed E-state index contributed by atoms with van der Waals surface area (Å²) in [5.74, 6) is 0.679. The summed E-state index contributed by atoms with van der Waals surface area (Å²) < 4.78 is 5.37. The summed E-state index contributed by atoms with van der Waals surface area (Å²) in [4.78, 5) is 30.0. The number of carbonyl (C=O) groups is 2. The molecule has 3 rings (SSSR count). The van der Waals surface area contributed by atoms with Crippen molar-refractivity contribution in [2.45, 2.75) is 19.3 Å². The maximum absolute atomic E-state index is 12.2. The van der Waals surface area contributed by atoms with Crippen molar-refractivity contribution in [1.29, 1.82) is 0 Å². The lowest BCUT2D eigenvalue weighted by Gasteiger charge is -2.28. The largest absolute Gasteiger partial charge is 0.495 e. The maximum atomic E-state index is 12.2. The second-order valence-electron chi connectivity index (χ2n) is 5.70. The van der Waals surface area contributed by atoms with E-state index in [1.54, 1.807) is 54.7 Å². The van der Waals surface area contributed by atoms with E-state index in [2.05, 4.69) is 15.6 Å². The van der Waals surface area contributed by atoms with Gasteiger partial charge in [-0.3, -0.25) is 9.78 Å². The van der Waals surface area contributed by atoms with E-state index in [0.717, 1.165) is 12.8 Å². The van der Waals surface area contributed by atoms with Crippen LogP contribution in [0.25, 0.3) is 0 Å². The molecule has 1 aliphatic heterocycles. The van der Waals surface area contributed by atoms with E-state index in [1.165, 1.54) is 0 Å². The number of carbonyl (C=O) groups excluding carboxylic acids is 2. The second-order valence-corrected chi connectivity index (χ2v) is 5.70. The van der Waals surface area contributed by atoms with Gasteiger partial charge in [0.15, 0.2) is 0 Å². The number of amides is 3. The Morgan fingerprint density at radius 2 is 1.88 bits per heavy atom. The van der Waals surface area contributed by atoms with Crippen LogP contribution in [0.5, 0.6) is 5.75 Å². The van der Waals surface area contributed by atoms with Gasteiger partial charge in [0, 0.05) is 36.7 Å². The minimum atomic E-state index is -0.368. The average molecular weight is 340 g/mol. The van der Waals surface area contributed by atoms with Crippen molar-refractivity contribution in [2.75, 3.05) is 29.2 Å². The summed E-state index contributed by atoms with van der Waals surface area (Å²) in [6.45, 7) is 0.655. The predicted octanol–water partition coefficient (Wildman–Crippen LogP) is 3.25. The van der Waals surface area contributed by atoms with Gasteiger partial charge >= 0.3 is 6.03 Å². The first-order valence-electron chi connectivity index (χ1n) is 8.14. The van der Waals surface area contributed by atoms with E-state index in [0.29, 0.717) is 35.8 Å². The molecule has 7 nitrogen and oxygen atoms in total. The van der Waals surface area contributed by atoms with Crippen LogP contribution in [-0.4, -0.2) is 30.6 Å². The third-order valence-electron chi connectivity index (χ3n) is 3.99. The van der Waals surface area contributed by atoms with Crippen LogP contribution in [0, 0.1) is 0 Å². The molecule has 1 saturated heterocycles. The third kappa shape index (κ3) is 4.06. The molecule has 7 heteroatoms. The van der Waals surface area contributed by atoms with Crippen LogP contribution in [0.15, 0.2) is 42.7 Å². The van der Waals surface area contributed by atoms with Crippen LogP contribution in [0.1, 0.15) is 19.3 Å². The smallest absolute Gasteiger partial charge is 0.323 e. The lowest BCUT2D eigenvalue weighted by atomic mass is 10.1. The van der Waals surface area contributed by atoms with Gasteiger partial charge in [0.1, 0.15) is 5.75 Å². The van der Waals surface area contributed by atoms with Gasteiger partial charge < -0.3 is 20.3 Å². The summed E-state index contributed by atoms with van der Waals surface area (Å²) in [5, 5.41) is 5.50. The number of anilines is 3. The van der Waals surface area contributed by atoms with Crippen LogP contribution < -0.4 is 20.3 Å². The van der Waals surface area contributed by atoms with Gasteiger partial charge in [-0.1, -0.05) is 0 Å². The molecular weight excluding hydrogens is 320 g/mol. The lowest BCUT2D eigenvalue weighted by Crippen LogP contribution is -2.35. The highest BCUT2D eigenvalue weighted by atomic mass is 16.5. The Hall–Kier alpha value is -3.09. The standard InChI is InChI=1S/C18H20N4O3/c1-25-16-6-5-14(12-15(16)22-11-3-2-4-17(22)23)21-18(24)20-13-7-9-19-10-8-13/h5-10,12H,2-4,11H2,1H3,(H2,19,20,21,24). The van der Waals surface area contributed by atoms with Gasteiger partial charge in [-0.15, -0.1) is 0 Å². The van der Waals surface area contributed by atoms with E-state index in [1.807, 2.05) is 0 Å². The number of methoxy groups -OCH3 is 1. The van der Waals surface area contributed by atoms with Crippen LogP contribution >= 0.6 is 0 Å². The van der Waals surface area contributed by atoms with E-state index < -0.39 is 0 Å². The number of urea groups is 1. The maximum Gasteiger partial charge on any atom is 0.323 e. The SMILES string of the molecule is COc1ccc(NC(=O)Nc2ccncc2)cc1N1CCCCC1=O. The molecule has 1 aromatic carbocycles. The van der Waals surface area contributed by atoms with Crippen molar-refractivity contribution < 1.29 is 14.3 Å². The number of piperidine rings is 1. The second kappa shape index (κ2) is 7.65. The summed E-state index contributed by atoms with van der Waals surface area (Å²) in [6.07, 6.45) is 5.59. The van der Waals surface area contributed by atoms with Gasteiger partial charge in [0.05, 0.1) is 12.8 Å². The Morgan fingerprint density at radius 3 is 2.60 bits per heavy atom. The van der Waals surface area contributed by atoms with E-state index in [4.69, 9.17) is 4.74 Å². The molecular formula is C18H20N4O3. The Kier molecular flexibility index (Phi) is 5.13. The number of ether oxygens (including phenoxy) is 1. The zero-order chi connectivity index (χ0) is 17.6. The van der Waals surface area contributed by atoms with E-state index in [9.17, 15) is 9.59 Å². The fourth-order valence-electron chi connectivity index (χ4n) is 2.77. The summed E-state index contributed by atoms with van der Waals surface area (Å²) >= 11 is 0. The first kappa shape index (κ1) is 16.8. The molecule has 0 saturated carbocycles. The number of aromatic nitrogens is 1. The minimum absolute atomic E-state index is 0.0722. The number of hydrogen-bond donors (Lipinski definition) is 2. The molecule has 3 amide bonds. The quantitative estimate of drug-likeness (QED) is 0.895. The Balaban J connectivity index is 1.77. The van der Waals surface area contributed by atoms with Gasteiger partial charge in [-0.05, 0) is 43.2 Å². The molecule has 2 aromatic rings. The van der Waals surface area contributed by atoms with Crippen LogP contribution in [0.3, 0.4) is 0 Å². The highest BCUT2D eigenvalue weighted by Crippen LogP contribution is 2.33. The number of pyridine rings is 1. The molecule has 0 aliphatic carbocycles. The molecule has 0 unspecified atom stereocenters. The molecule has 130 valence electrons. The van der Waals surface area contributed by atoms with Gasteiger partial charge in [0.2, 0.25) is 5.91 Å². The fraction of sp³-hybridized carbons (Fsp3) is 0.278. The Labute approximate surface area is 146 Å². The average Bonchev–Trinajstić information content (AvgIpc) is 2.63. The van der Waals surface area contributed by atoms with Crippen molar-refractivity contribution in [3.8, 4) is 5.75 Å². The molecule has 25 heavy (non-hydrogen) atoms. The van der Waals surface area contributed by atoms with Crippen molar-refractivity contribution in [3.63, 3.8) is 0 Å². The van der Waals surface area contributed by atoms with Crippen LogP contribution in [0.2, 0.25) is 0 Å². The van der Waals surface area contributed by atoms with E-state index >= 15 is 0 Å². The molecule has 0 bridgehead atoms. The van der Waals surface area contributed by atoms with Gasteiger partial charge in [0.25, 0.3) is 0 Å². The van der Waals surface area contributed by atoms with Gasteiger partial charge in [-0.2, -0.15) is 0 Å². The van der Waals surface area contributed by atoms with Crippen LogP contribution in [0.4, 0.5) is 21.9 Å². The van der Waals surface area contributed by atoms with Crippen molar-refractivity contribution in [2.24, 2.45) is 0 Å². The lowest BCUT2D eigenvalue weighted by molar-refractivity contribution is -0.119. The number of nitrogens with one attached hydrogen (secondary N) is 2. The zero-order valence-corrected chi connectivity index (χ0v) is 14.0. The molecule has 0 spiro atoms. The summed E-state index contributed by atoms with van der Waals surface area (Å²) in [5.41, 5.74) is 1.90. The number of benzene rings is 1. The topological polar surface area (TPSA) is 83.6 Å². The Morgan fingerprint density at radius 1 is 1.12 bits per heavy atom. The summed E-state index contributed by atoms with van der Waals surface area (Å²) in [7, 11) is 1.57. The first-order chi connectivity index (χ1) is 12.2. The fourth-order valence-corrected chi connectivity index (χ4v) is 2.77. The number of nitrogens with zero attached hydrogens (tertiary/aromatic N) is 2. The molecule has 2 heterocycles. The monoisotopic (exact) mass is 340 g/mol. The molecule has 0 radical (unpaired) electrons. The highest BCUT2D eigenvalue weighted by molar-refractivity contribution is 6.01.